The van der Waals surface area contributed by atoms with Gasteiger partial charge in [0.05, 0.1) is 23.8 Å². The highest BCUT2D eigenvalue weighted by Crippen LogP contribution is 2.46. The quantitative estimate of drug-likeness (QED) is 0.0101. The first-order chi connectivity index (χ1) is 36.2. The number of halogens is 2. The minimum Gasteiger partial charge on any atom is -0.461 e. The number of benzene rings is 4. The molecular formula is C55H64ClFN5O12P. The van der Waals surface area contributed by atoms with Crippen LogP contribution >= 0.6 is 19.3 Å². The maximum absolute atomic E-state index is 14.5. The van der Waals surface area contributed by atoms with Crippen LogP contribution in [0.15, 0.2) is 134 Å². The molecule has 20 heteroatoms. The Labute approximate surface area is 441 Å². The summed E-state index contributed by atoms with van der Waals surface area (Å²) in [5.41, 5.74) is 3.04. The summed E-state index contributed by atoms with van der Waals surface area (Å²) in [5, 5.41) is 10.8. The van der Waals surface area contributed by atoms with Gasteiger partial charge in [-0.3, -0.25) is 33.0 Å². The molecule has 0 saturated heterocycles. The molecule has 0 aliphatic heterocycles. The summed E-state index contributed by atoms with van der Waals surface area (Å²) in [5.74, 6) is -4.22. The van der Waals surface area contributed by atoms with Gasteiger partial charge in [-0.15, -0.1) is 0 Å². The fourth-order valence-electron chi connectivity index (χ4n) is 7.22. The number of carbonyl (C=O) groups excluding carboxylic acids is 6. The second kappa shape index (κ2) is 32.5. The van der Waals surface area contributed by atoms with Crippen molar-refractivity contribution in [1.29, 1.82) is 0 Å². The van der Waals surface area contributed by atoms with Gasteiger partial charge in [-0.25, -0.2) is 19.4 Å². The first-order valence-electron chi connectivity index (χ1n) is 24.7. The fourth-order valence-corrected chi connectivity index (χ4v) is 8.92. The predicted octanol–water partition coefficient (Wildman–Crippen LogP) is 9.02. The van der Waals surface area contributed by atoms with Crippen molar-refractivity contribution in [2.75, 3.05) is 13.2 Å². The molecule has 17 nitrogen and oxygen atoms in total. The maximum Gasteiger partial charge on any atom is 0.406 e. The molecule has 1 aromatic heterocycles. The number of pyridine rings is 1. The zero-order valence-electron chi connectivity index (χ0n) is 41.8. The molecule has 400 valence electrons. The van der Waals surface area contributed by atoms with Crippen molar-refractivity contribution in [3.05, 3.63) is 172 Å². The van der Waals surface area contributed by atoms with Crippen LogP contribution in [0.1, 0.15) is 104 Å². The van der Waals surface area contributed by atoms with Crippen molar-refractivity contribution in [2.24, 2.45) is 0 Å². The third-order valence-electron chi connectivity index (χ3n) is 11.3. The molecule has 0 aliphatic carbocycles. The molecule has 5 rings (SSSR count). The molecule has 0 fully saturated rings. The Morgan fingerprint density at radius 1 is 0.600 bits per heavy atom. The van der Waals surface area contributed by atoms with Gasteiger partial charge in [-0.05, 0) is 73.8 Å². The van der Waals surface area contributed by atoms with Crippen molar-refractivity contribution in [3.63, 3.8) is 0 Å². The zero-order chi connectivity index (χ0) is 53.7. The normalized spacial score (nSPS) is 13.0. The molecule has 1 heterocycles. The first-order valence-corrected chi connectivity index (χ1v) is 26.7. The van der Waals surface area contributed by atoms with Crippen LogP contribution in [-0.4, -0.2) is 71.9 Å². The summed E-state index contributed by atoms with van der Waals surface area (Å²) in [6, 6.07) is 34.4. The number of unbranched alkanes of at least 4 members (excludes halogenated alkanes) is 2. The Bertz CT molecular complexity index is 2620. The Hall–Kier alpha value is -6.82. The van der Waals surface area contributed by atoms with Gasteiger partial charge in [0.25, 0.3) is 5.91 Å². The van der Waals surface area contributed by atoms with E-state index in [1.54, 1.807) is 79.7 Å². The molecular weight excluding hydrogens is 1010 g/mol. The van der Waals surface area contributed by atoms with Gasteiger partial charge in [0.2, 0.25) is 17.8 Å². The predicted molar refractivity (Wildman–Crippen MR) is 278 cm³/mol. The maximum atomic E-state index is 14.5. The minimum atomic E-state index is -4.30. The van der Waals surface area contributed by atoms with Crippen LogP contribution in [0.5, 0.6) is 0 Å². The lowest BCUT2D eigenvalue weighted by Crippen LogP contribution is -2.43. The molecule has 4 atom stereocenters. The lowest BCUT2D eigenvalue weighted by molar-refractivity contribution is -0.150. The van der Waals surface area contributed by atoms with Gasteiger partial charge >= 0.3 is 25.7 Å². The van der Waals surface area contributed by atoms with Gasteiger partial charge in [0, 0.05) is 38.0 Å². The fraction of sp³-hybridized carbons (Fsp3) is 0.364. The van der Waals surface area contributed by atoms with Gasteiger partial charge in [-0.2, -0.15) is 4.39 Å². The lowest BCUT2D eigenvalue weighted by Gasteiger charge is -2.25. The summed E-state index contributed by atoms with van der Waals surface area (Å²) in [7, 11) is -4.30. The van der Waals surface area contributed by atoms with Gasteiger partial charge in [-0.1, -0.05) is 139 Å². The van der Waals surface area contributed by atoms with E-state index >= 15 is 0 Å². The number of esters is 3. The van der Waals surface area contributed by atoms with Crippen LogP contribution in [0.2, 0.25) is 5.02 Å². The number of carbonyl (C=O) groups is 6. The molecule has 0 bridgehead atoms. The average Bonchev–Trinajstić information content (AvgIpc) is 3.42. The first kappa shape index (κ1) is 59.1. The SMILES string of the molecule is C[C@H](CCCOP(=O)(N[C@@H](CCC(=O)OCc1ccccc1)C(=O)OCc1ccccc1)OCc1ccccc1)NC(=O)CCC(NC(=O)CCCCCNC(=O)c1cnc(F)c(Cl)c1)C(=O)OCc1ccccc1. The summed E-state index contributed by atoms with van der Waals surface area (Å²) in [6.45, 7) is 1.72. The Kier molecular flexibility index (Phi) is 25.6. The van der Waals surface area contributed by atoms with E-state index < -0.39 is 67.4 Å². The summed E-state index contributed by atoms with van der Waals surface area (Å²) < 4.78 is 56.2. The van der Waals surface area contributed by atoms with Crippen molar-refractivity contribution >= 4 is 55.0 Å². The van der Waals surface area contributed by atoms with E-state index in [0.29, 0.717) is 31.2 Å². The van der Waals surface area contributed by atoms with E-state index in [1.165, 1.54) is 6.07 Å². The highest BCUT2D eigenvalue weighted by molar-refractivity contribution is 7.51. The standard InChI is InChI=1S/C55H64ClFN5O12P/c1-40(60-50(64)30-28-47(54(67)71-37-42-21-9-3-10-22-42)61-49(63)27-15-6-16-32-58-53(66)45-34-46(56)52(57)59-35-45)18-17-33-73-75(69,74-39-44-25-13-5-14-26-44)62-48(55(68)72-38-43-23-11-4-12-24-43)29-31-51(65)70-36-41-19-7-2-8-20-41/h2-5,7-14,19-26,34-35,40,47-48H,6,15-18,27-33,36-39H2,1H3,(H,58,66)(H,60,64)(H,61,63)(H,62,69)/t40-,47?,48+,75?/m1/s1. The summed E-state index contributed by atoms with van der Waals surface area (Å²) >= 11 is 5.72. The van der Waals surface area contributed by atoms with E-state index in [0.717, 1.165) is 22.9 Å². The van der Waals surface area contributed by atoms with Gasteiger partial charge in [0.1, 0.15) is 31.9 Å². The number of rotatable bonds is 33. The number of ether oxygens (including phenoxy) is 3. The molecule has 0 radical (unpaired) electrons. The Morgan fingerprint density at radius 3 is 1.69 bits per heavy atom. The van der Waals surface area contributed by atoms with E-state index in [9.17, 15) is 37.7 Å². The number of amides is 3. The highest BCUT2D eigenvalue weighted by atomic mass is 35.5. The number of hydrogen-bond acceptors (Lipinski definition) is 13. The van der Waals surface area contributed by atoms with E-state index in [2.05, 4.69) is 26.0 Å². The summed E-state index contributed by atoms with van der Waals surface area (Å²) in [4.78, 5) is 81.9. The molecule has 0 spiro atoms. The molecule has 0 saturated carbocycles. The van der Waals surface area contributed by atoms with E-state index in [-0.39, 0.29) is 88.7 Å². The lowest BCUT2D eigenvalue weighted by atomic mass is 10.1. The molecule has 5 aromatic rings. The van der Waals surface area contributed by atoms with E-state index in [4.69, 9.17) is 34.9 Å². The number of aromatic nitrogens is 1. The monoisotopic (exact) mass is 1070 g/mol. The smallest absolute Gasteiger partial charge is 0.406 e. The second-order valence-corrected chi connectivity index (χ2v) is 19.7. The molecule has 75 heavy (non-hydrogen) atoms. The van der Waals surface area contributed by atoms with Crippen LogP contribution in [-0.2, 0) is 78.2 Å². The van der Waals surface area contributed by atoms with Crippen molar-refractivity contribution in [2.45, 2.75) is 116 Å². The van der Waals surface area contributed by atoms with Crippen LogP contribution in [0.25, 0.3) is 0 Å². The molecule has 4 N–H and O–H groups in total. The highest BCUT2D eigenvalue weighted by Gasteiger charge is 2.34. The number of hydrogen-bond donors (Lipinski definition) is 4. The minimum absolute atomic E-state index is 0.0338. The van der Waals surface area contributed by atoms with Crippen LogP contribution in [0, 0.1) is 5.95 Å². The largest absolute Gasteiger partial charge is 0.461 e. The molecule has 4 aromatic carbocycles. The van der Waals surface area contributed by atoms with Gasteiger partial charge < -0.3 is 30.2 Å². The third kappa shape index (κ3) is 23.1. The van der Waals surface area contributed by atoms with E-state index in [1.807, 2.05) is 48.5 Å². The number of nitrogens with one attached hydrogen (secondary N) is 4. The van der Waals surface area contributed by atoms with Crippen molar-refractivity contribution < 1.29 is 61.0 Å². The van der Waals surface area contributed by atoms with Crippen molar-refractivity contribution in [3.8, 4) is 0 Å². The Morgan fingerprint density at radius 2 is 1.12 bits per heavy atom. The van der Waals surface area contributed by atoms with Crippen LogP contribution in [0.3, 0.4) is 0 Å². The van der Waals surface area contributed by atoms with Gasteiger partial charge in [0.15, 0.2) is 0 Å². The Balaban J connectivity index is 1.12. The number of nitrogens with zero attached hydrogens (tertiary/aromatic N) is 1. The third-order valence-corrected chi connectivity index (χ3v) is 13.2. The average molecular weight is 1070 g/mol. The zero-order valence-corrected chi connectivity index (χ0v) is 43.4. The van der Waals surface area contributed by atoms with Crippen LogP contribution < -0.4 is 21.0 Å². The molecule has 0 aliphatic rings. The molecule has 3 amide bonds. The van der Waals surface area contributed by atoms with Crippen LogP contribution in [0.4, 0.5) is 4.39 Å². The topological polar surface area (TPSA) is 227 Å². The molecule has 2 unspecified atom stereocenters. The van der Waals surface area contributed by atoms with Crippen molar-refractivity contribution in [1.82, 2.24) is 26.0 Å². The second-order valence-electron chi connectivity index (χ2n) is 17.5. The summed E-state index contributed by atoms with van der Waals surface area (Å²) in [6.07, 6.45) is 2.80.